The van der Waals surface area contributed by atoms with Crippen LogP contribution in [0.25, 0.3) is 0 Å². The van der Waals surface area contributed by atoms with Gasteiger partial charge in [-0.05, 0) is 19.3 Å². The molecule has 98 valence electrons. The summed E-state index contributed by atoms with van der Waals surface area (Å²) < 4.78 is 0. The molecule has 1 amide bonds. The van der Waals surface area contributed by atoms with Crippen molar-refractivity contribution in [2.24, 2.45) is 0 Å². The molecule has 0 unspecified atom stereocenters. The van der Waals surface area contributed by atoms with Gasteiger partial charge in [0.15, 0.2) is 0 Å². The number of carbonyl (C=O) groups excluding carboxylic acids is 1. The van der Waals surface area contributed by atoms with E-state index in [0.29, 0.717) is 23.9 Å². The lowest BCUT2D eigenvalue weighted by Gasteiger charge is -2.26. The predicted molar refractivity (Wildman–Crippen MR) is 70.6 cm³/mol. The monoisotopic (exact) mass is 268 g/mol. The summed E-state index contributed by atoms with van der Waals surface area (Å²) in [6.07, 6.45) is 7.03. The van der Waals surface area contributed by atoms with Crippen LogP contribution in [0.5, 0.6) is 0 Å². The zero-order valence-corrected chi connectivity index (χ0v) is 11.0. The summed E-state index contributed by atoms with van der Waals surface area (Å²) in [6, 6.07) is 0. The lowest BCUT2D eigenvalue weighted by atomic mass is 10.1. The molecule has 5 nitrogen and oxygen atoms in total. The molecule has 1 N–H and O–H groups in total. The third-order valence-corrected chi connectivity index (χ3v) is 3.15. The standard InChI is InChI=1S/C12H17ClN4O/c13-10-8-15-12(16-9-10)14-5-4-11(18)17-6-2-1-3-7-17/h8-9H,1-7H2,(H,14,15,16). The summed E-state index contributed by atoms with van der Waals surface area (Å²) in [5.41, 5.74) is 0. The van der Waals surface area contributed by atoms with Crippen LogP contribution in [-0.2, 0) is 4.79 Å². The smallest absolute Gasteiger partial charge is 0.224 e. The van der Waals surface area contributed by atoms with E-state index in [1.807, 2.05) is 4.90 Å². The molecule has 1 aromatic rings. The highest BCUT2D eigenvalue weighted by molar-refractivity contribution is 6.30. The second-order valence-corrected chi connectivity index (χ2v) is 4.78. The largest absolute Gasteiger partial charge is 0.354 e. The van der Waals surface area contributed by atoms with E-state index in [1.54, 1.807) is 0 Å². The van der Waals surface area contributed by atoms with Crippen molar-refractivity contribution in [1.82, 2.24) is 14.9 Å². The predicted octanol–water partition coefficient (Wildman–Crippen LogP) is 1.94. The third kappa shape index (κ3) is 3.84. The van der Waals surface area contributed by atoms with Gasteiger partial charge in [-0.1, -0.05) is 11.6 Å². The first-order valence-corrected chi connectivity index (χ1v) is 6.63. The number of aromatic nitrogens is 2. The molecule has 1 aromatic heterocycles. The summed E-state index contributed by atoms with van der Waals surface area (Å²) in [6.45, 7) is 2.35. The molecule has 1 aliphatic heterocycles. The Morgan fingerprint density at radius 1 is 1.28 bits per heavy atom. The fraction of sp³-hybridized carbons (Fsp3) is 0.583. The van der Waals surface area contributed by atoms with E-state index in [-0.39, 0.29) is 5.91 Å². The number of likely N-dealkylation sites (tertiary alicyclic amines) is 1. The first-order chi connectivity index (χ1) is 8.75. The number of hydrogen-bond donors (Lipinski definition) is 1. The van der Waals surface area contributed by atoms with Crippen LogP contribution in [0, 0.1) is 0 Å². The average molecular weight is 269 g/mol. The number of nitrogens with one attached hydrogen (secondary N) is 1. The lowest BCUT2D eigenvalue weighted by molar-refractivity contribution is -0.131. The Morgan fingerprint density at radius 2 is 1.94 bits per heavy atom. The molecule has 2 rings (SSSR count). The Labute approximate surface area is 112 Å². The van der Waals surface area contributed by atoms with E-state index < -0.39 is 0 Å². The van der Waals surface area contributed by atoms with Crippen molar-refractivity contribution >= 4 is 23.5 Å². The van der Waals surface area contributed by atoms with Crippen LogP contribution in [-0.4, -0.2) is 40.4 Å². The van der Waals surface area contributed by atoms with Crippen LogP contribution in [0.4, 0.5) is 5.95 Å². The van der Waals surface area contributed by atoms with Crippen LogP contribution in [0.2, 0.25) is 5.02 Å². The zero-order valence-electron chi connectivity index (χ0n) is 10.2. The Hall–Kier alpha value is -1.36. The second-order valence-electron chi connectivity index (χ2n) is 4.34. The van der Waals surface area contributed by atoms with Gasteiger partial charge in [0.1, 0.15) is 0 Å². The van der Waals surface area contributed by atoms with Gasteiger partial charge < -0.3 is 10.2 Å². The molecule has 0 aromatic carbocycles. The molecule has 1 aliphatic rings. The van der Waals surface area contributed by atoms with Gasteiger partial charge >= 0.3 is 0 Å². The number of piperidine rings is 1. The van der Waals surface area contributed by atoms with E-state index in [1.165, 1.54) is 18.8 Å². The molecule has 0 atom stereocenters. The first-order valence-electron chi connectivity index (χ1n) is 6.25. The average Bonchev–Trinajstić information content (AvgIpc) is 2.42. The van der Waals surface area contributed by atoms with E-state index in [9.17, 15) is 4.79 Å². The Bertz CT molecular complexity index is 390. The van der Waals surface area contributed by atoms with Crippen molar-refractivity contribution in [2.45, 2.75) is 25.7 Å². The fourth-order valence-electron chi connectivity index (χ4n) is 1.99. The Kier molecular flexibility index (Phi) is 4.75. The van der Waals surface area contributed by atoms with E-state index in [4.69, 9.17) is 11.6 Å². The SMILES string of the molecule is O=C(CCNc1ncc(Cl)cn1)N1CCCCC1. The summed E-state index contributed by atoms with van der Waals surface area (Å²) >= 11 is 5.68. The van der Waals surface area contributed by atoms with E-state index >= 15 is 0 Å². The molecule has 1 fully saturated rings. The number of rotatable bonds is 4. The zero-order chi connectivity index (χ0) is 12.8. The van der Waals surface area contributed by atoms with Gasteiger partial charge in [-0.25, -0.2) is 9.97 Å². The number of anilines is 1. The van der Waals surface area contributed by atoms with Crippen molar-refractivity contribution in [3.05, 3.63) is 17.4 Å². The van der Waals surface area contributed by atoms with Gasteiger partial charge in [0, 0.05) is 26.1 Å². The topological polar surface area (TPSA) is 58.1 Å². The highest BCUT2D eigenvalue weighted by atomic mass is 35.5. The van der Waals surface area contributed by atoms with Crippen molar-refractivity contribution in [3.63, 3.8) is 0 Å². The van der Waals surface area contributed by atoms with Gasteiger partial charge in [0.2, 0.25) is 11.9 Å². The highest BCUT2D eigenvalue weighted by Gasteiger charge is 2.15. The van der Waals surface area contributed by atoms with Crippen molar-refractivity contribution in [3.8, 4) is 0 Å². The minimum absolute atomic E-state index is 0.205. The highest BCUT2D eigenvalue weighted by Crippen LogP contribution is 2.10. The quantitative estimate of drug-likeness (QED) is 0.907. The van der Waals surface area contributed by atoms with Crippen LogP contribution in [0.15, 0.2) is 12.4 Å². The Morgan fingerprint density at radius 3 is 2.61 bits per heavy atom. The summed E-state index contributed by atoms with van der Waals surface area (Å²) in [7, 11) is 0. The molecule has 0 spiro atoms. The van der Waals surface area contributed by atoms with Gasteiger partial charge in [-0.15, -0.1) is 0 Å². The molecular weight excluding hydrogens is 252 g/mol. The summed E-state index contributed by atoms with van der Waals surface area (Å²) in [5.74, 6) is 0.710. The molecular formula is C12H17ClN4O. The van der Waals surface area contributed by atoms with Crippen LogP contribution >= 0.6 is 11.6 Å². The fourth-order valence-corrected chi connectivity index (χ4v) is 2.08. The minimum Gasteiger partial charge on any atom is -0.354 e. The molecule has 0 radical (unpaired) electrons. The molecule has 0 aliphatic carbocycles. The molecule has 1 saturated heterocycles. The molecule has 6 heteroatoms. The first kappa shape index (κ1) is 13.1. The van der Waals surface area contributed by atoms with Gasteiger partial charge in [0.25, 0.3) is 0 Å². The normalized spacial score (nSPS) is 15.5. The maximum absolute atomic E-state index is 11.9. The molecule has 0 saturated carbocycles. The van der Waals surface area contributed by atoms with Crippen LogP contribution < -0.4 is 5.32 Å². The lowest BCUT2D eigenvalue weighted by Crippen LogP contribution is -2.36. The summed E-state index contributed by atoms with van der Waals surface area (Å²) in [4.78, 5) is 21.8. The van der Waals surface area contributed by atoms with Crippen LogP contribution in [0.1, 0.15) is 25.7 Å². The second kappa shape index (κ2) is 6.54. The van der Waals surface area contributed by atoms with Crippen molar-refractivity contribution in [2.75, 3.05) is 25.0 Å². The van der Waals surface area contributed by atoms with Crippen molar-refractivity contribution in [1.29, 1.82) is 0 Å². The summed E-state index contributed by atoms with van der Waals surface area (Å²) in [5, 5.41) is 3.52. The molecule has 0 bridgehead atoms. The molecule has 2 heterocycles. The van der Waals surface area contributed by atoms with E-state index in [2.05, 4.69) is 15.3 Å². The Balaban J connectivity index is 1.71. The molecule has 18 heavy (non-hydrogen) atoms. The number of halogens is 1. The number of carbonyl (C=O) groups is 1. The van der Waals surface area contributed by atoms with Crippen molar-refractivity contribution < 1.29 is 4.79 Å². The van der Waals surface area contributed by atoms with Gasteiger partial charge in [0.05, 0.1) is 17.4 Å². The number of nitrogens with zero attached hydrogens (tertiary/aromatic N) is 3. The third-order valence-electron chi connectivity index (χ3n) is 2.95. The van der Waals surface area contributed by atoms with Gasteiger partial charge in [-0.3, -0.25) is 4.79 Å². The van der Waals surface area contributed by atoms with E-state index in [0.717, 1.165) is 25.9 Å². The van der Waals surface area contributed by atoms with Gasteiger partial charge in [-0.2, -0.15) is 0 Å². The number of amides is 1. The number of hydrogen-bond acceptors (Lipinski definition) is 4. The maximum atomic E-state index is 11.9. The maximum Gasteiger partial charge on any atom is 0.224 e. The minimum atomic E-state index is 0.205. The van der Waals surface area contributed by atoms with Crippen LogP contribution in [0.3, 0.4) is 0 Å².